The molecule has 0 spiro atoms. The maximum Gasteiger partial charge on any atom is 0.238 e. The number of para-hydroxylation sites is 4. The van der Waals surface area contributed by atoms with Crippen molar-refractivity contribution in [1.29, 1.82) is 0 Å². The van der Waals surface area contributed by atoms with Crippen LogP contribution in [0.25, 0.3) is 139 Å². The molecule has 1 aliphatic rings. The maximum absolute atomic E-state index is 6.60. The minimum atomic E-state index is -0.110. The highest BCUT2D eigenvalue weighted by molar-refractivity contribution is 6.16. The maximum atomic E-state index is 6.60. The fourth-order valence-electron chi connectivity index (χ4n) is 11.6. The van der Waals surface area contributed by atoms with Gasteiger partial charge in [-0.3, -0.25) is 4.57 Å². The van der Waals surface area contributed by atoms with Crippen molar-refractivity contribution in [3.05, 3.63) is 230 Å². The Morgan fingerprint density at radius 3 is 1.79 bits per heavy atom. The van der Waals surface area contributed by atoms with Crippen LogP contribution in [0.5, 0.6) is 0 Å². The minimum absolute atomic E-state index is 0.110. The number of hydrogen-bond acceptors (Lipinski definition) is 5. The molecule has 0 fully saturated rings. The molecule has 338 valence electrons. The lowest BCUT2D eigenvalue weighted by molar-refractivity contribution is 0.660. The highest BCUT2D eigenvalue weighted by atomic mass is 16.3. The average Bonchev–Trinajstić information content (AvgIpc) is 4.17. The van der Waals surface area contributed by atoms with E-state index in [0.717, 1.165) is 105 Å². The molecule has 72 heavy (non-hydrogen) atoms. The van der Waals surface area contributed by atoms with Crippen molar-refractivity contribution in [2.24, 2.45) is 0 Å². The fraction of sp³-hybridized carbons (Fsp3) is 0.0455. The van der Waals surface area contributed by atoms with E-state index in [9.17, 15) is 0 Å². The van der Waals surface area contributed by atoms with Crippen LogP contribution < -0.4 is 0 Å². The second-order valence-electron chi connectivity index (χ2n) is 19.5. The first-order valence-corrected chi connectivity index (χ1v) is 24.5. The van der Waals surface area contributed by atoms with Crippen LogP contribution in [0.2, 0.25) is 0 Å². The standard InChI is InChI=1S/C66H42N4O2/c1-66(2)55-26-9-6-19-47(55)48-32-29-41(37-56(48)66)40-17-12-18-42(35-40)45-22-13-24-52-54-36-43(46-23-14-25-53-50-21-8-11-28-59(50)72-62(46)53)31-34-57(54)70(61(45)52)65-68-63(39-15-4-3-5-16-39)67-64(69-65)44-30-33-51-49-20-7-10-27-58(49)71-60(51)38-44/h3-38H,1-2H3. The zero-order valence-electron chi connectivity index (χ0n) is 39.4. The van der Waals surface area contributed by atoms with Crippen molar-refractivity contribution >= 4 is 65.7 Å². The van der Waals surface area contributed by atoms with Crippen LogP contribution in [0.3, 0.4) is 0 Å². The predicted octanol–water partition coefficient (Wildman–Crippen LogP) is 17.4. The molecular formula is C66H42N4O2. The Kier molecular flexibility index (Phi) is 8.61. The predicted molar refractivity (Wildman–Crippen MR) is 293 cm³/mol. The third kappa shape index (κ3) is 6.05. The summed E-state index contributed by atoms with van der Waals surface area (Å²) < 4.78 is 15.3. The first-order valence-electron chi connectivity index (χ1n) is 24.5. The van der Waals surface area contributed by atoms with Crippen LogP contribution >= 0.6 is 0 Å². The van der Waals surface area contributed by atoms with E-state index in [1.54, 1.807) is 0 Å². The van der Waals surface area contributed by atoms with Crippen LogP contribution in [0, 0.1) is 0 Å². The van der Waals surface area contributed by atoms with Crippen LogP contribution in [-0.4, -0.2) is 19.5 Å². The number of rotatable bonds is 6. The molecule has 0 unspecified atom stereocenters. The van der Waals surface area contributed by atoms with Gasteiger partial charge in [-0.15, -0.1) is 0 Å². The molecule has 6 heteroatoms. The molecule has 10 aromatic carbocycles. The van der Waals surface area contributed by atoms with Crippen molar-refractivity contribution in [2.45, 2.75) is 19.3 Å². The third-order valence-corrected chi connectivity index (χ3v) is 15.1. The first kappa shape index (κ1) is 40.5. The van der Waals surface area contributed by atoms with Gasteiger partial charge in [0.05, 0.1) is 11.0 Å². The van der Waals surface area contributed by atoms with Gasteiger partial charge in [-0.05, 0) is 93.0 Å². The summed E-state index contributed by atoms with van der Waals surface area (Å²) in [5.41, 5.74) is 18.9. The van der Waals surface area contributed by atoms with E-state index >= 15 is 0 Å². The largest absolute Gasteiger partial charge is 0.456 e. The summed E-state index contributed by atoms with van der Waals surface area (Å²) in [6.45, 7) is 4.68. The van der Waals surface area contributed by atoms with Gasteiger partial charge in [-0.2, -0.15) is 9.97 Å². The van der Waals surface area contributed by atoms with E-state index in [-0.39, 0.29) is 5.41 Å². The normalized spacial score (nSPS) is 13.0. The zero-order valence-corrected chi connectivity index (χ0v) is 39.4. The van der Waals surface area contributed by atoms with Crippen LogP contribution in [0.1, 0.15) is 25.0 Å². The van der Waals surface area contributed by atoms with Gasteiger partial charge >= 0.3 is 0 Å². The topological polar surface area (TPSA) is 69.9 Å². The number of hydrogen-bond donors (Lipinski definition) is 0. The van der Waals surface area contributed by atoms with Gasteiger partial charge in [0.1, 0.15) is 22.3 Å². The van der Waals surface area contributed by atoms with Gasteiger partial charge in [0.25, 0.3) is 0 Å². The van der Waals surface area contributed by atoms with Gasteiger partial charge in [0, 0.05) is 60.0 Å². The van der Waals surface area contributed by atoms with E-state index in [1.165, 1.54) is 27.8 Å². The summed E-state index contributed by atoms with van der Waals surface area (Å²) in [6, 6.07) is 77.3. The Morgan fingerprint density at radius 2 is 0.931 bits per heavy atom. The molecule has 0 bridgehead atoms. The molecule has 0 saturated heterocycles. The molecule has 0 atom stereocenters. The Bertz CT molecular complexity index is 4550. The molecule has 0 aliphatic heterocycles. The molecule has 1 aliphatic carbocycles. The van der Waals surface area contributed by atoms with E-state index in [0.29, 0.717) is 17.6 Å². The number of aromatic nitrogens is 4. The van der Waals surface area contributed by atoms with Gasteiger partial charge in [0.15, 0.2) is 11.6 Å². The number of fused-ring (bicyclic) bond motifs is 12. The second kappa shape index (κ2) is 15.3. The Labute approximate surface area is 414 Å². The summed E-state index contributed by atoms with van der Waals surface area (Å²) in [5, 5.41) is 6.47. The van der Waals surface area contributed by atoms with Gasteiger partial charge in [-0.25, -0.2) is 4.98 Å². The summed E-state index contributed by atoms with van der Waals surface area (Å²) in [4.78, 5) is 16.0. The van der Waals surface area contributed by atoms with Gasteiger partial charge in [0.2, 0.25) is 5.95 Å². The first-order chi connectivity index (χ1) is 35.4. The number of furan rings is 2. The molecule has 0 radical (unpaired) electrons. The summed E-state index contributed by atoms with van der Waals surface area (Å²) in [6.07, 6.45) is 0. The van der Waals surface area contributed by atoms with E-state index in [4.69, 9.17) is 23.8 Å². The molecule has 0 N–H and O–H groups in total. The van der Waals surface area contributed by atoms with Crippen molar-refractivity contribution in [1.82, 2.24) is 19.5 Å². The summed E-state index contributed by atoms with van der Waals surface area (Å²) >= 11 is 0. The molecule has 4 aromatic heterocycles. The van der Waals surface area contributed by atoms with E-state index < -0.39 is 0 Å². The number of benzene rings is 10. The highest BCUT2D eigenvalue weighted by Gasteiger charge is 2.35. The molecular weight excluding hydrogens is 881 g/mol. The Hall–Kier alpha value is -9.39. The lowest BCUT2D eigenvalue weighted by Crippen LogP contribution is -2.14. The van der Waals surface area contributed by atoms with E-state index in [2.05, 4.69) is 188 Å². The zero-order chi connectivity index (χ0) is 47.7. The molecule has 6 nitrogen and oxygen atoms in total. The summed E-state index contributed by atoms with van der Waals surface area (Å²) in [5.74, 6) is 1.63. The highest BCUT2D eigenvalue weighted by Crippen LogP contribution is 2.50. The monoisotopic (exact) mass is 922 g/mol. The smallest absolute Gasteiger partial charge is 0.238 e. The van der Waals surface area contributed by atoms with Gasteiger partial charge < -0.3 is 8.83 Å². The molecule has 15 rings (SSSR count). The van der Waals surface area contributed by atoms with E-state index in [1.807, 2.05) is 48.5 Å². The van der Waals surface area contributed by atoms with Crippen molar-refractivity contribution < 1.29 is 8.83 Å². The lowest BCUT2D eigenvalue weighted by atomic mass is 9.81. The lowest BCUT2D eigenvalue weighted by Gasteiger charge is -2.22. The van der Waals surface area contributed by atoms with Crippen LogP contribution in [0.15, 0.2) is 227 Å². The Morgan fingerprint density at radius 1 is 0.347 bits per heavy atom. The fourth-order valence-corrected chi connectivity index (χ4v) is 11.6. The van der Waals surface area contributed by atoms with Gasteiger partial charge in [-0.1, -0.05) is 184 Å². The Balaban J connectivity index is 0.968. The SMILES string of the molecule is CC1(C)c2ccccc2-c2ccc(-c3cccc(-c4cccc5c6cc(-c7cccc8c7oc7ccccc78)ccc6n(-c6nc(-c7ccccc7)nc(-c7ccc8c(c7)oc7ccccc78)n6)c45)c3)cc21. The van der Waals surface area contributed by atoms with Crippen LogP contribution in [0.4, 0.5) is 0 Å². The average molecular weight is 923 g/mol. The molecule has 0 saturated carbocycles. The third-order valence-electron chi connectivity index (χ3n) is 15.1. The quantitative estimate of drug-likeness (QED) is 0.166. The molecule has 4 heterocycles. The molecule has 14 aromatic rings. The second-order valence-corrected chi connectivity index (χ2v) is 19.5. The number of nitrogens with zero attached hydrogens (tertiary/aromatic N) is 4. The minimum Gasteiger partial charge on any atom is -0.456 e. The summed E-state index contributed by atoms with van der Waals surface area (Å²) in [7, 11) is 0. The van der Waals surface area contributed by atoms with Crippen LogP contribution in [-0.2, 0) is 5.41 Å². The van der Waals surface area contributed by atoms with Crippen molar-refractivity contribution in [3.63, 3.8) is 0 Å². The van der Waals surface area contributed by atoms with Crippen molar-refractivity contribution in [3.8, 4) is 73.2 Å². The van der Waals surface area contributed by atoms with Crippen molar-refractivity contribution in [2.75, 3.05) is 0 Å². The molecule has 0 amide bonds.